The lowest BCUT2D eigenvalue weighted by atomic mass is 9.77. The highest BCUT2D eigenvalue weighted by Crippen LogP contribution is 2.32. The molecular formula is C23H31NO2. The Kier molecular flexibility index (Phi) is 6.96. The summed E-state index contributed by atoms with van der Waals surface area (Å²) in [5.41, 5.74) is 2.58. The number of nitrogens with zero attached hydrogens (tertiary/aromatic N) is 1. The van der Waals surface area contributed by atoms with Crippen LogP contribution in [-0.4, -0.2) is 16.1 Å². The summed E-state index contributed by atoms with van der Waals surface area (Å²) in [7, 11) is 0. The minimum Gasteiger partial charge on any atom is -0.481 e. The summed E-state index contributed by atoms with van der Waals surface area (Å²) in [4.78, 5) is 16.1. The maximum Gasteiger partial charge on any atom is 0.313 e. The molecule has 26 heavy (non-hydrogen) atoms. The summed E-state index contributed by atoms with van der Waals surface area (Å²) >= 11 is 0. The molecule has 0 aliphatic rings. The van der Waals surface area contributed by atoms with Crippen LogP contribution in [0.1, 0.15) is 69.6 Å². The Labute approximate surface area is 157 Å². The van der Waals surface area contributed by atoms with Crippen molar-refractivity contribution in [2.24, 2.45) is 5.92 Å². The number of benzene rings is 1. The Bertz CT molecular complexity index is 694. The molecule has 140 valence electrons. The van der Waals surface area contributed by atoms with Gasteiger partial charge >= 0.3 is 5.97 Å². The van der Waals surface area contributed by atoms with Crippen LogP contribution in [0.15, 0.2) is 48.8 Å². The van der Waals surface area contributed by atoms with Gasteiger partial charge in [-0.3, -0.25) is 9.78 Å². The molecule has 2 atom stereocenters. The summed E-state index contributed by atoms with van der Waals surface area (Å²) in [5, 5.41) is 9.87. The van der Waals surface area contributed by atoms with Gasteiger partial charge in [0.25, 0.3) is 0 Å². The second kappa shape index (κ2) is 8.98. The topological polar surface area (TPSA) is 50.2 Å². The third-order valence-electron chi connectivity index (χ3n) is 5.30. The lowest BCUT2D eigenvalue weighted by Gasteiger charge is -2.26. The van der Waals surface area contributed by atoms with Gasteiger partial charge in [0.1, 0.15) is 0 Å². The van der Waals surface area contributed by atoms with Crippen LogP contribution in [0.2, 0.25) is 0 Å². The molecule has 0 spiro atoms. The molecular weight excluding hydrogens is 322 g/mol. The molecule has 1 heterocycles. The zero-order valence-corrected chi connectivity index (χ0v) is 16.4. The van der Waals surface area contributed by atoms with Crippen molar-refractivity contribution < 1.29 is 9.90 Å². The van der Waals surface area contributed by atoms with E-state index in [0.717, 1.165) is 24.8 Å². The van der Waals surface area contributed by atoms with Crippen LogP contribution in [0.5, 0.6) is 0 Å². The van der Waals surface area contributed by atoms with E-state index in [1.807, 2.05) is 43.6 Å². The van der Waals surface area contributed by atoms with Crippen LogP contribution in [0.3, 0.4) is 0 Å². The monoisotopic (exact) mass is 353 g/mol. The van der Waals surface area contributed by atoms with E-state index in [9.17, 15) is 9.90 Å². The zero-order chi connectivity index (χ0) is 19.2. The molecule has 0 bridgehead atoms. The average molecular weight is 354 g/mol. The molecule has 3 heteroatoms. The second-order valence-electron chi connectivity index (χ2n) is 8.01. The number of pyridine rings is 1. The van der Waals surface area contributed by atoms with Crippen molar-refractivity contribution in [1.82, 2.24) is 4.98 Å². The number of hydrogen-bond acceptors (Lipinski definition) is 2. The van der Waals surface area contributed by atoms with Gasteiger partial charge in [0.15, 0.2) is 0 Å². The van der Waals surface area contributed by atoms with Crippen molar-refractivity contribution in [2.75, 3.05) is 0 Å². The fraction of sp³-hybridized carbons (Fsp3) is 0.478. The second-order valence-corrected chi connectivity index (χ2v) is 8.01. The van der Waals surface area contributed by atoms with E-state index in [1.165, 1.54) is 11.1 Å². The lowest BCUT2D eigenvalue weighted by Crippen LogP contribution is -2.32. The number of carbonyl (C=O) groups is 1. The third kappa shape index (κ3) is 5.17. The number of aliphatic carboxylic acids is 1. The number of hydrogen-bond donors (Lipinski definition) is 1. The van der Waals surface area contributed by atoms with Crippen molar-refractivity contribution in [3.05, 3.63) is 65.5 Å². The molecule has 0 fully saturated rings. The standard InChI is InChI=1S/C23H31NO2/c1-17(2)16-19-7-9-21(10-8-19)23(4,22(25)26)13-5-6-18(3)20-11-14-24-15-12-20/h7-12,14-15,17-18H,5-6,13,16H2,1-4H3,(H,25,26). The first-order valence-electron chi connectivity index (χ1n) is 9.55. The Morgan fingerprint density at radius 2 is 1.69 bits per heavy atom. The highest BCUT2D eigenvalue weighted by molar-refractivity contribution is 5.80. The summed E-state index contributed by atoms with van der Waals surface area (Å²) in [6.45, 7) is 8.43. The number of carboxylic acid groups (broad SMARTS) is 1. The Balaban J connectivity index is 2.03. The van der Waals surface area contributed by atoms with E-state index < -0.39 is 11.4 Å². The normalized spacial score (nSPS) is 14.8. The zero-order valence-electron chi connectivity index (χ0n) is 16.4. The van der Waals surface area contributed by atoms with Crippen molar-refractivity contribution in [1.29, 1.82) is 0 Å². The summed E-state index contributed by atoms with van der Waals surface area (Å²) in [6.07, 6.45) is 7.13. The van der Waals surface area contributed by atoms with Crippen molar-refractivity contribution in [3.63, 3.8) is 0 Å². The first-order chi connectivity index (χ1) is 12.3. The van der Waals surface area contributed by atoms with Crippen molar-refractivity contribution >= 4 is 5.97 Å². The fourth-order valence-electron chi connectivity index (χ4n) is 3.48. The molecule has 3 nitrogen and oxygen atoms in total. The molecule has 2 rings (SSSR count). The van der Waals surface area contributed by atoms with Gasteiger partial charge in [-0.1, -0.05) is 51.5 Å². The predicted molar refractivity (Wildman–Crippen MR) is 106 cm³/mol. The SMILES string of the molecule is CC(C)Cc1ccc(C(C)(CCCC(C)c2ccncc2)C(=O)O)cc1. The van der Waals surface area contributed by atoms with E-state index in [0.29, 0.717) is 18.3 Å². The van der Waals surface area contributed by atoms with Gasteiger partial charge in [0, 0.05) is 12.4 Å². The molecule has 0 aliphatic carbocycles. The van der Waals surface area contributed by atoms with Gasteiger partial charge in [0.05, 0.1) is 5.41 Å². The molecule has 1 aromatic carbocycles. The smallest absolute Gasteiger partial charge is 0.313 e. The minimum atomic E-state index is -0.839. The van der Waals surface area contributed by atoms with E-state index >= 15 is 0 Å². The molecule has 1 aromatic heterocycles. The van der Waals surface area contributed by atoms with Gasteiger partial charge in [-0.05, 0) is 66.8 Å². The molecule has 0 aliphatic heterocycles. The fourth-order valence-corrected chi connectivity index (χ4v) is 3.48. The number of rotatable bonds is 9. The Morgan fingerprint density at radius 1 is 1.08 bits per heavy atom. The number of aromatic nitrogens is 1. The average Bonchev–Trinajstić information content (AvgIpc) is 2.62. The summed E-state index contributed by atoms with van der Waals surface area (Å²) in [6, 6.07) is 12.2. The molecule has 2 aromatic rings. The quantitative estimate of drug-likeness (QED) is 0.638. The van der Waals surface area contributed by atoms with Crippen LogP contribution < -0.4 is 0 Å². The maximum atomic E-state index is 12.0. The van der Waals surface area contributed by atoms with Gasteiger partial charge in [-0.2, -0.15) is 0 Å². The van der Waals surface area contributed by atoms with E-state index in [-0.39, 0.29) is 0 Å². The highest BCUT2D eigenvalue weighted by atomic mass is 16.4. The summed E-state index contributed by atoms with van der Waals surface area (Å²) in [5.74, 6) is 0.261. The van der Waals surface area contributed by atoms with Crippen molar-refractivity contribution in [3.8, 4) is 0 Å². The third-order valence-corrected chi connectivity index (χ3v) is 5.30. The van der Waals surface area contributed by atoms with Crippen LogP contribution >= 0.6 is 0 Å². The van der Waals surface area contributed by atoms with Crippen LogP contribution in [0, 0.1) is 5.92 Å². The summed E-state index contributed by atoms with van der Waals surface area (Å²) < 4.78 is 0. The molecule has 2 unspecified atom stereocenters. The molecule has 0 amide bonds. The number of carboxylic acids is 1. The van der Waals surface area contributed by atoms with Crippen LogP contribution in [0.4, 0.5) is 0 Å². The van der Waals surface area contributed by atoms with E-state index in [4.69, 9.17) is 0 Å². The van der Waals surface area contributed by atoms with Crippen LogP contribution in [0.25, 0.3) is 0 Å². The minimum absolute atomic E-state index is 0.407. The lowest BCUT2D eigenvalue weighted by molar-refractivity contribution is -0.143. The maximum absolute atomic E-state index is 12.0. The molecule has 1 N–H and O–H groups in total. The predicted octanol–water partition coefficient (Wildman–Crippen LogP) is 5.60. The van der Waals surface area contributed by atoms with Gasteiger partial charge < -0.3 is 5.11 Å². The van der Waals surface area contributed by atoms with Gasteiger partial charge in [-0.15, -0.1) is 0 Å². The Hall–Kier alpha value is -2.16. The molecule has 0 saturated heterocycles. The largest absolute Gasteiger partial charge is 0.481 e. The highest BCUT2D eigenvalue weighted by Gasteiger charge is 2.34. The van der Waals surface area contributed by atoms with Gasteiger partial charge in [-0.25, -0.2) is 0 Å². The first-order valence-corrected chi connectivity index (χ1v) is 9.55. The van der Waals surface area contributed by atoms with Crippen molar-refractivity contribution in [2.45, 2.75) is 64.7 Å². The van der Waals surface area contributed by atoms with Gasteiger partial charge in [0.2, 0.25) is 0 Å². The van der Waals surface area contributed by atoms with E-state index in [1.54, 1.807) is 0 Å². The van der Waals surface area contributed by atoms with Crippen LogP contribution in [-0.2, 0) is 16.6 Å². The van der Waals surface area contributed by atoms with E-state index in [2.05, 4.69) is 37.9 Å². The molecule has 0 saturated carbocycles. The Morgan fingerprint density at radius 3 is 2.23 bits per heavy atom. The molecule has 0 radical (unpaired) electrons. The first kappa shape index (κ1) is 20.2.